The molecule has 0 spiro atoms. The number of nitrogens with two attached hydrogens (primary N) is 1. The number of anilines is 1. The van der Waals surface area contributed by atoms with Crippen LogP contribution in [0.4, 0.5) is 5.82 Å². The van der Waals surface area contributed by atoms with Crippen LogP contribution in [0.15, 0.2) is 29.2 Å². The van der Waals surface area contributed by atoms with Crippen molar-refractivity contribution in [2.24, 2.45) is 11.7 Å². The third kappa shape index (κ3) is 4.90. The van der Waals surface area contributed by atoms with Gasteiger partial charge >= 0.3 is 23.6 Å². The van der Waals surface area contributed by atoms with Crippen LogP contribution >= 0.6 is 0 Å². The van der Waals surface area contributed by atoms with Gasteiger partial charge in [0.2, 0.25) is 0 Å². The fourth-order valence-electron chi connectivity index (χ4n) is 3.02. The van der Waals surface area contributed by atoms with Crippen LogP contribution in [-0.2, 0) is 33.3 Å². The van der Waals surface area contributed by atoms with E-state index in [1.807, 2.05) is 0 Å². The number of carbonyl (C=O) groups is 3. The van der Waals surface area contributed by atoms with Crippen LogP contribution in [0, 0.1) is 5.92 Å². The molecule has 4 N–H and O–H groups in total. The zero-order valence-corrected chi connectivity index (χ0v) is 16.7. The number of nitrogens with one attached hydrogen (secondary N) is 1. The van der Waals surface area contributed by atoms with Crippen molar-refractivity contribution in [3.63, 3.8) is 0 Å². The molecule has 13 nitrogen and oxygen atoms in total. The SMILES string of the molecule is CC(C)[C@H](N)C(=O)OC[C@H]1O[C@@H](n2ccc(NO)nc2=O)[C@@H]2OC(=O)/C=C\C(=O)OC21. The lowest BCUT2D eigenvalue weighted by Crippen LogP contribution is -2.44. The Balaban J connectivity index is 1.89. The molecule has 1 fully saturated rings. The standard InChI is InChI=1S/C18H22N4O9/c1-8(2)13(19)17(25)28-7-9-14-15(31-12(24)4-3-11(23)30-14)16(29-9)22-6-5-10(21-27)20-18(22)26/h3-6,8-9,13-16,27H,7,19H2,1-2H3,(H,20,21,26)/b4-3-/t9-,13+,14?,15-,16-/m1/s1. The van der Waals surface area contributed by atoms with Gasteiger partial charge < -0.3 is 24.7 Å². The number of nitrogens with zero attached hydrogens (tertiary/aromatic N) is 2. The normalized spacial score (nSPS) is 27.4. The van der Waals surface area contributed by atoms with Gasteiger partial charge in [0.15, 0.2) is 24.3 Å². The minimum absolute atomic E-state index is 0.118. The average Bonchev–Trinajstić information content (AvgIpc) is 3.04. The minimum atomic E-state index is -1.25. The molecule has 3 heterocycles. The van der Waals surface area contributed by atoms with E-state index >= 15 is 0 Å². The van der Waals surface area contributed by atoms with E-state index < -0.39 is 54.2 Å². The van der Waals surface area contributed by atoms with Gasteiger partial charge in [-0.15, -0.1) is 0 Å². The number of carbonyl (C=O) groups excluding carboxylic acids is 3. The first-order valence-electron chi connectivity index (χ1n) is 9.37. The predicted molar refractivity (Wildman–Crippen MR) is 100 cm³/mol. The minimum Gasteiger partial charge on any atom is -0.462 e. The second-order valence-electron chi connectivity index (χ2n) is 7.22. The van der Waals surface area contributed by atoms with Crippen LogP contribution < -0.4 is 16.9 Å². The highest BCUT2D eigenvalue weighted by atomic mass is 16.7. The molecule has 31 heavy (non-hydrogen) atoms. The molecule has 0 aliphatic carbocycles. The first kappa shape index (κ1) is 22.4. The van der Waals surface area contributed by atoms with Crippen molar-refractivity contribution >= 4 is 23.7 Å². The molecule has 1 aromatic rings. The molecule has 3 rings (SSSR count). The molecule has 13 heteroatoms. The van der Waals surface area contributed by atoms with E-state index in [-0.39, 0.29) is 18.3 Å². The van der Waals surface area contributed by atoms with E-state index in [0.717, 1.165) is 16.7 Å². The monoisotopic (exact) mass is 438 g/mol. The summed E-state index contributed by atoms with van der Waals surface area (Å²) in [7, 11) is 0. The van der Waals surface area contributed by atoms with Gasteiger partial charge in [-0.3, -0.25) is 20.0 Å². The van der Waals surface area contributed by atoms with Crippen LogP contribution in [0.2, 0.25) is 0 Å². The Bertz CT molecular complexity index is 944. The summed E-state index contributed by atoms with van der Waals surface area (Å²) >= 11 is 0. The van der Waals surface area contributed by atoms with E-state index in [2.05, 4.69) is 4.98 Å². The van der Waals surface area contributed by atoms with Crippen molar-refractivity contribution in [1.29, 1.82) is 0 Å². The van der Waals surface area contributed by atoms with Crippen molar-refractivity contribution in [2.45, 2.75) is 44.4 Å². The number of rotatable bonds is 6. The summed E-state index contributed by atoms with van der Waals surface area (Å²) < 4.78 is 22.6. The molecule has 0 aromatic carbocycles. The summed E-state index contributed by atoms with van der Waals surface area (Å²) in [4.78, 5) is 52.0. The fourth-order valence-corrected chi connectivity index (χ4v) is 3.02. The molecule has 2 aliphatic rings. The van der Waals surface area contributed by atoms with E-state index in [0.29, 0.717) is 0 Å². The van der Waals surface area contributed by atoms with Gasteiger partial charge in [0, 0.05) is 18.3 Å². The first-order chi connectivity index (χ1) is 14.7. The Morgan fingerprint density at radius 1 is 1.26 bits per heavy atom. The van der Waals surface area contributed by atoms with Gasteiger partial charge in [-0.05, 0) is 12.0 Å². The number of esters is 3. The first-order valence-corrected chi connectivity index (χ1v) is 9.37. The van der Waals surface area contributed by atoms with Crippen LogP contribution in [0.25, 0.3) is 0 Å². The predicted octanol–water partition coefficient (Wildman–Crippen LogP) is -1.14. The highest BCUT2D eigenvalue weighted by Crippen LogP contribution is 2.34. The quantitative estimate of drug-likeness (QED) is 0.276. The summed E-state index contributed by atoms with van der Waals surface area (Å²) in [5, 5.41) is 8.90. The van der Waals surface area contributed by atoms with Gasteiger partial charge in [-0.1, -0.05) is 13.8 Å². The lowest BCUT2D eigenvalue weighted by molar-refractivity contribution is -0.165. The van der Waals surface area contributed by atoms with Crippen molar-refractivity contribution in [2.75, 3.05) is 12.1 Å². The fraction of sp³-hybridized carbons (Fsp3) is 0.500. The summed E-state index contributed by atoms with van der Waals surface area (Å²) in [5.41, 5.74) is 6.66. The van der Waals surface area contributed by atoms with Crippen molar-refractivity contribution in [3.8, 4) is 0 Å². The molecular weight excluding hydrogens is 416 g/mol. The molecule has 168 valence electrons. The van der Waals surface area contributed by atoms with Crippen molar-refractivity contribution in [3.05, 3.63) is 34.9 Å². The molecule has 2 aliphatic heterocycles. The summed E-state index contributed by atoms with van der Waals surface area (Å²) in [6.07, 6.45) is -1.73. The lowest BCUT2D eigenvalue weighted by atomic mass is 10.1. The number of ether oxygens (including phenoxy) is 4. The maximum absolute atomic E-state index is 12.4. The Hall–Kier alpha value is -3.29. The smallest absolute Gasteiger partial charge is 0.351 e. The molecule has 0 bridgehead atoms. The van der Waals surface area contributed by atoms with Crippen LogP contribution in [0.1, 0.15) is 20.1 Å². The largest absolute Gasteiger partial charge is 0.462 e. The van der Waals surface area contributed by atoms with Crippen molar-refractivity contribution < 1.29 is 38.5 Å². The lowest BCUT2D eigenvalue weighted by Gasteiger charge is -2.25. The zero-order valence-electron chi connectivity index (χ0n) is 16.7. The molecule has 1 aromatic heterocycles. The van der Waals surface area contributed by atoms with Crippen molar-refractivity contribution in [1.82, 2.24) is 9.55 Å². The number of aromatic nitrogens is 2. The number of hydrogen-bond acceptors (Lipinski definition) is 12. The Morgan fingerprint density at radius 2 is 1.90 bits per heavy atom. The molecule has 0 amide bonds. The van der Waals surface area contributed by atoms with Gasteiger partial charge in [-0.2, -0.15) is 4.98 Å². The molecule has 1 saturated heterocycles. The van der Waals surface area contributed by atoms with Gasteiger partial charge in [0.25, 0.3) is 0 Å². The average molecular weight is 438 g/mol. The molecule has 1 unspecified atom stereocenters. The molecule has 0 radical (unpaired) electrons. The second-order valence-corrected chi connectivity index (χ2v) is 7.22. The molecule has 0 saturated carbocycles. The van der Waals surface area contributed by atoms with E-state index in [9.17, 15) is 19.2 Å². The van der Waals surface area contributed by atoms with Gasteiger partial charge in [0.05, 0.1) is 0 Å². The third-order valence-corrected chi connectivity index (χ3v) is 4.74. The van der Waals surface area contributed by atoms with Gasteiger partial charge in [-0.25, -0.2) is 14.4 Å². The molecule has 5 atom stereocenters. The van der Waals surface area contributed by atoms with E-state index in [4.69, 9.17) is 29.9 Å². The van der Waals surface area contributed by atoms with Crippen LogP contribution in [0.5, 0.6) is 0 Å². The summed E-state index contributed by atoms with van der Waals surface area (Å²) in [5.74, 6) is -2.67. The van der Waals surface area contributed by atoms with Crippen LogP contribution in [-0.4, -0.2) is 63.6 Å². The van der Waals surface area contributed by atoms with Crippen LogP contribution in [0.3, 0.4) is 0 Å². The maximum atomic E-state index is 12.4. The van der Waals surface area contributed by atoms with E-state index in [1.165, 1.54) is 12.3 Å². The van der Waals surface area contributed by atoms with E-state index in [1.54, 1.807) is 19.3 Å². The second kappa shape index (κ2) is 9.24. The molecular formula is C18H22N4O9. The highest BCUT2D eigenvalue weighted by molar-refractivity contribution is 5.92. The van der Waals surface area contributed by atoms with Gasteiger partial charge in [0.1, 0.15) is 18.8 Å². The Morgan fingerprint density at radius 3 is 2.48 bits per heavy atom. The zero-order chi connectivity index (χ0) is 22.7. The summed E-state index contributed by atoms with van der Waals surface area (Å²) in [6, 6.07) is 0.393. The summed E-state index contributed by atoms with van der Waals surface area (Å²) in [6.45, 7) is 3.12. The topological polar surface area (TPSA) is 181 Å². The number of hydrogen-bond donors (Lipinski definition) is 3. The maximum Gasteiger partial charge on any atom is 0.351 e. The highest BCUT2D eigenvalue weighted by Gasteiger charge is 2.51. The Labute approximate surface area is 175 Å². The third-order valence-electron chi connectivity index (χ3n) is 4.74. The number of fused-ring (bicyclic) bond motifs is 1. The Kier molecular flexibility index (Phi) is 6.68.